The number of hydrogen-bond donors (Lipinski definition) is 3. The highest BCUT2D eigenvalue weighted by Crippen LogP contribution is 2.06. The Bertz CT molecular complexity index is 195. The van der Waals surface area contributed by atoms with Crippen LogP contribution in [-0.4, -0.2) is 23.1 Å². The molecule has 0 aliphatic rings. The molecular weight excluding hydrogens is 202 g/mol. The summed E-state index contributed by atoms with van der Waals surface area (Å²) in [6.07, 6.45) is 6.99. The molecule has 0 saturated carbocycles. The van der Waals surface area contributed by atoms with Gasteiger partial charge in [0.05, 0.1) is 0 Å². The predicted molar refractivity (Wildman–Crippen MR) is 68.8 cm³/mol. The van der Waals surface area contributed by atoms with Crippen LogP contribution in [0.2, 0.25) is 0 Å². The number of amidine groups is 1. The number of rotatable bonds is 9. The minimum Gasteiger partial charge on any atom is -0.409 e. The molecule has 0 fully saturated rings. The maximum atomic E-state index is 8.45. The fraction of sp³-hybridized carbons (Fsp3) is 0.917. The van der Waals surface area contributed by atoms with E-state index in [9.17, 15) is 0 Å². The molecule has 0 aliphatic heterocycles. The molecule has 0 radical (unpaired) electrons. The second-order valence-electron chi connectivity index (χ2n) is 4.61. The molecule has 0 bridgehead atoms. The van der Waals surface area contributed by atoms with Crippen LogP contribution >= 0.6 is 0 Å². The minimum absolute atomic E-state index is 0.261. The van der Waals surface area contributed by atoms with E-state index in [2.05, 4.69) is 31.2 Å². The summed E-state index contributed by atoms with van der Waals surface area (Å²) in [6, 6.07) is 0.760. The van der Waals surface area contributed by atoms with Crippen LogP contribution < -0.4 is 11.1 Å². The topological polar surface area (TPSA) is 70.6 Å². The Morgan fingerprint density at radius 3 is 2.50 bits per heavy atom. The van der Waals surface area contributed by atoms with E-state index < -0.39 is 0 Å². The van der Waals surface area contributed by atoms with Gasteiger partial charge in [-0.3, -0.25) is 0 Å². The zero-order valence-corrected chi connectivity index (χ0v) is 10.9. The van der Waals surface area contributed by atoms with Gasteiger partial charge >= 0.3 is 0 Å². The molecule has 4 heteroatoms. The second kappa shape index (κ2) is 9.46. The molecule has 0 amide bonds. The molecule has 4 N–H and O–H groups in total. The third-order valence-corrected chi connectivity index (χ3v) is 2.70. The monoisotopic (exact) mass is 229 g/mol. The molecule has 96 valence electrons. The molecule has 0 rings (SSSR count). The lowest BCUT2D eigenvalue weighted by molar-refractivity contribution is 0.315. The van der Waals surface area contributed by atoms with Crippen LogP contribution in [0.4, 0.5) is 0 Å². The number of unbranched alkanes of at least 4 members (excludes halogenated alkanes) is 3. The largest absolute Gasteiger partial charge is 0.409 e. The normalized spacial score (nSPS) is 16.1. The van der Waals surface area contributed by atoms with Crippen molar-refractivity contribution in [3.05, 3.63) is 0 Å². The van der Waals surface area contributed by atoms with Crippen molar-refractivity contribution in [2.75, 3.05) is 0 Å². The Balaban J connectivity index is 3.57. The first-order valence-electron chi connectivity index (χ1n) is 6.32. The van der Waals surface area contributed by atoms with Crippen LogP contribution in [-0.2, 0) is 0 Å². The Kier molecular flexibility index (Phi) is 9.00. The van der Waals surface area contributed by atoms with E-state index >= 15 is 0 Å². The van der Waals surface area contributed by atoms with Crippen molar-refractivity contribution in [1.82, 2.24) is 5.32 Å². The summed E-state index contributed by atoms with van der Waals surface area (Å²) < 4.78 is 0. The molecule has 0 saturated heterocycles. The molecule has 4 nitrogen and oxygen atoms in total. The van der Waals surface area contributed by atoms with E-state index in [4.69, 9.17) is 10.9 Å². The zero-order valence-electron chi connectivity index (χ0n) is 10.9. The molecule has 0 aromatic heterocycles. The Labute approximate surface area is 99.3 Å². The van der Waals surface area contributed by atoms with E-state index in [1.54, 1.807) is 0 Å². The summed E-state index contributed by atoms with van der Waals surface area (Å²) >= 11 is 0. The van der Waals surface area contributed by atoms with Crippen LogP contribution in [0.3, 0.4) is 0 Å². The number of nitrogens with zero attached hydrogens (tertiary/aromatic N) is 1. The van der Waals surface area contributed by atoms with Gasteiger partial charge in [-0.25, -0.2) is 0 Å². The van der Waals surface area contributed by atoms with Crippen LogP contribution in [0.25, 0.3) is 0 Å². The van der Waals surface area contributed by atoms with Crippen molar-refractivity contribution < 1.29 is 5.21 Å². The molecule has 0 spiro atoms. The highest BCUT2D eigenvalue weighted by molar-refractivity contribution is 5.80. The van der Waals surface area contributed by atoms with Gasteiger partial charge in [0.2, 0.25) is 0 Å². The molecule has 2 unspecified atom stereocenters. The number of oxime groups is 1. The molecule has 16 heavy (non-hydrogen) atoms. The van der Waals surface area contributed by atoms with Crippen LogP contribution in [0, 0.1) is 0 Å². The van der Waals surface area contributed by atoms with Gasteiger partial charge in [-0.05, 0) is 20.3 Å². The molecule has 0 aromatic carbocycles. The number of nitrogens with two attached hydrogens (primary N) is 1. The third-order valence-electron chi connectivity index (χ3n) is 2.70. The van der Waals surface area contributed by atoms with E-state index in [0.29, 0.717) is 12.5 Å². The van der Waals surface area contributed by atoms with Gasteiger partial charge in [-0.15, -0.1) is 0 Å². The first kappa shape index (κ1) is 15.2. The first-order valence-corrected chi connectivity index (χ1v) is 6.32. The lowest BCUT2D eigenvalue weighted by atomic mass is 10.1. The van der Waals surface area contributed by atoms with Gasteiger partial charge in [0.1, 0.15) is 5.84 Å². The molecular formula is C12H27N3O. The van der Waals surface area contributed by atoms with Crippen LogP contribution in [0.15, 0.2) is 5.16 Å². The molecule has 0 aromatic rings. The predicted octanol–water partition coefficient (Wildman–Crippen LogP) is 2.46. The lowest BCUT2D eigenvalue weighted by Gasteiger charge is -2.19. The van der Waals surface area contributed by atoms with Crippen LogP contribution in [0.5, 0.6) is 0 Å². The molecule has 2 atom stereocenters. The van der Waals surface area contributed by atoms with E-state index in [1.165, 1.54) is 32.1 Å². The van der Waals surface area contributed by atoms with Gasteiger partial charge in [0.25, 0.3) is 0 Å². The summed E-state index contributed by atoms with van der Waals surface area (Å²) in [5.41, 5.74) is 5.45. The summed E-state index contributed by atoms with van der Waals surface area (Å²) in [4.78, 5) is 0. The average molecular weight is 229 g/mol. The fourth-order valence-corrected chi connectivity index (χ4v) is 1.86. The van der Waals surface area contributed by atoms with Crippen molar-refractivity contribution in [3.63, 3.8) is 0 Å². The standard InChI is InChI=1S/C12H27N3O/c1-4-5-6-7-8-10(2)14-11(3)9-12(13)15-16/h10-11,14,16H,4-9H2,1-3H3,(H2,13,15). The quantitative estimate of drug-likeness (QED) is 0.187. The van der Waals surface area contributed by atoms with Crippen molar-refractivity contribution in [2.45, 2.75) is 71.4 Å². The van der Waals surface area contributed by atoms with E-state index in [1.807, 2.05) is 0 Å². The van der Waals surface area contributed by atoms with Gasteiger partial charge in [-0.1, -0.05) is 37.8 Å². The maximum Gasteiger partial charge on any atom is 0.140 e. The summed E-state index contributed by atoms with van der Waals surface area (Å²) in [6.45, 7) is 6.47. The van der Waals surface area contributed by atoms with Crippen molar-refractivity contribution >= 4 is 5.84 Å². The summed E-state index contributed by atoms with van der Waals surface area (Å²) in [5.74, 6) is 0.290. The SMILES string of the molecule is CCCCCCC(C)NC(C)CC(N)=NO. The first-order chi connectivity index (χ1) is 7.60. The minimum atomic E-state index is 0.261. The van der Waals surface area contributed by atoms with E-state index in [0.717, 1.165) is 0 Å². The van der Waals surface area contributed by atoms with Gasteiger partial charge in [-0.2, -0.15) is 0 Å². The maximum absolute atomic E-state index is 8.45. The average Bonchev–Trinajstić information content (AvgIpc) is 2.24. The van der Waals surface area contributed by atoms with Gasteiger partial charge < -0.3 is 16.3 Å². The number of hydrogen-bond acceptors (Lipinski definition) is 3. The van der Waals surface area contributed by atoms with Gasteiger partial charge in [0.15, 0.2) is 0 Å². The second-order valence-corrected chi connectivity index (χ2v) is 4.61. The zero-order chi connectivity index (χ0) is 12.4. The van der Waals surface area contributed by atoms with Crippen molar-refractivity contribution in [1.29, 1.82) is 0 Å². The van der Waals surface area contributed by atoms with E-state index in [-0.39, 0.29) is 11.9 Å². The summed E-state index contributed by atoms with van der Waals surface area (Å²) in [7, 11) is 0. The van der Waals surface area contributed by atoms with Crippen molar-refractivity contribution in [2.24, 2.45) is 10.9 Å². The molecule has 0 heterocycles. The van der Waals surface area contributed by atoms with Crippen LogP contribution in [0.1, 0.15) is 59.3 Å². The number of nitrogens with one attached hydrogen (secondary N) is 1. The Morgan fingerprint density at radius 2 is 1.94 bits per heavy atom. The Morgan fingerprint density at radius 1 is 1.25 bits per heavy atom. The fourth-order valence-electron chi connectivity index (χ4n) is 1.86. The Hall–Kier alpha value is -0.770. The lowest BCUT2D eigenvalue weighted by Crippen LogP contribution is -2.37. The third kappa shape index (κ3) is 8.53. The molecule has 0 aliphatic carbocycles. The smallest absolute Gasteiger partial charge is 0.140 e. The van der Waals surface area contributed by atoms with Gasteiger partial charge in [0, 0.05) is 18.5 Å². The summed E-state index contributed by atoms with van der Waals surface area (Å²) in [5, 5.41) is 14.9. The van der Waals surface area contributed by atoms with Crippen molar-refractivity contribution in [3.8, 4) is 0 Å². The highest BCUT2D eigenvalue weighted by Gasteiger charge is 2.08. The highest BCUT2D eigenvalue weighted by atomic mass is 16.4.